The molecule has 3 aromatic rings. The van der Waals surface area contributed by atoms with Gasteiger partial charge in [-0.3, -0.25) is 4.57 Å². The normalized spacial score (nSPS) is 10.7. The number of benzene rings is 2. The van der Waals surface area contributed by atoms with Crippen LogP contribution in [-0.2, 0) is 12.3 Å². The van der Waals surface area contributed by atoms with E-state index in [9.17, 15) is 8.78 Å². The second-order valence-corrected chi connectivity index (χ2v) is 6.74. The summed E-state index contributed by atoms with van der Waals surface area (Å²) in [7, 11) is 3.13. The molecular weight excluding hydrogens is 384 g/mol. The molecule has 0 aliphatic carbocycles. The highest BCUT2D eigenvalue weighted by Crippen LogP contribution is 2.33. The van der Waals surface area contributed by atoms with E-state index in [1.54, 1.807) is 26.4 Å². The van der Waals surface area contributed by atoms with Crippen molar-refractivity contribution in [3.05, 3.63) is 66.3 Å². The number of ether oxygens (including phenoxy) is 2. The lowest BCUT2D eigenvalue weighted by Crippen LogP contribution is -2.01. The topological polar surface area (TPSA) is 49.2 Å². The Bertz CT molecular complexity index is 992. The zero-order chi connectivity index (χ0) is 20.1. The van der Waals surface area contributed by atoms with Crippen molar-refractivity contribution >= 4 is 11.8 Å². The van der Waals surface area contributed by atoms with Gasteiger partial charge >= 0.3 is 0 Å². The van der Waals surface area contributed by atoms with Crippen molar-refractivity contribution in [2.75, 3.05) is 14.2 Å². The molecule has 1 heterocycles. The van der Waals surface area contributed by atoms with E-state index < -0.39 is 11.6 Å². The van der Waals surface area contributed by atoms with Crippen LogP contribution < -0.4 is 9.47 Å². The van der Waals surface area contributed by atoms with Crippen molar-refractivity contribution in [1.82, 2.24) is 14.8 Å². The van der Waals surface area contributed by atoms with Gasteiger partial charge in [0.2, 0.25) is 0 Å². The molecule has 0 radical (unpaired) electrons. The number of nitrogens with zero attached hydrogens (tertiary/aromatic N) is 3. The number of thioether (sulfide) groups is 1. The first-order valence-corrected chi connectivity index (χ1v) is 9.39. The van der Waals surface area contributed by atoms with Crippen LogP contribution in [0.25, 0.3) is 11.4 Å². The molecule has 0 bridgehead atoms. The predicted molar refractivity (Wildman–Crippen MR) is 105 cm³/mol. The smallest absolute Gasteiger partial charge is 0.192 e. The molecule has 0 atom stereocenters. The Morgan fingerprint density at radius 1 is 1.07 bits per heavy atom. The van der Waals surface area contributed by atoms with E-state index in [-0.39, 0.29) is 0 Å². The Morgan fingerprint density at radius 2 is 1.86 bits per heavy atom. The number of methoxy groups -OCH3 is 2. The first-order valence-electron chi connectivity index (χ1n) is 8.40. The summed E-state index contributed by atoms with van der Waals surface area (Å²) in [5.74, 6) is 0.938. The quantitative estimate of drug-likeness (QED) is 0.402. The molecule has 3 rings (SSSR count). The van der Waals surface area contributed by atoms with Gasteiger partial charge in [-0.1, -0.05) is 23.9 Å². The molecule has 0 saturated carbocycles. The largest absolute Gasteiger partial charge is 0.493 e. The van der Waals surface area contributed by atoms with E-state index in [0.29, 0.717) is 40.3 Å². The SMILES string of the molecule is C=CCn1c(SCc2ccc(F)cc2F)nnc1-c1ccc(OC)c(OC)c1. The van der Waals surface area contributed by atoms with Gasteiger partial charge in [-0.15, -0.1) is 16.8 Å². The average Bonchev–Trinajstić information content (AvgIpc) is 3.09. The molecule has 1 aromatic heterocycles. The van der Waals surface area contributed by atoms with Crippen molar-refractivity contribution in [3.63, 3.8) is 0 Å². The monoisotopic (exact) mass is 403 g/mol. The van der Waals surface area contributed by atoms with Gasteiger partial charge in [0, 0.05) is 23.9 Å². The van der Waals surface area contributed by atoms with Gasteiger partial charge < -0.3 is 9.47 Å². The summed E-state index contributed by atoms with van der Waals surface area (Å²) in [5, 5.41) is 9.12. The van der Waals surface area contributed by atoms with Crippen LogP contribution in [0, 0.1) is 11.6 Å². The minimum Gasteiger partial charge on any atom is -0.493 e. The second-order valence-electron chi connectivity index (χ2n) is 5.80. The van der Waals surface area contributed by atoms with Crippen LogP contribution >= 0.6 is 11.8 Å². The van der Waals surface area contributed by atoms with Crippen LogP contribution in [-0.4, -0.2) is 29.0 Å². The highest BCUT2D eigenvalue weighted by molar-refractivity contribution is 7.98. The molecule has 28 heavy (non-hydrogen) atoms. The van der Waals surface area contributed by atoms with Gasteiger partial charge in [-0.2, -0.15) is 0 Å². The zero-order valence-corrected chi connectivity index (χ0v) is 16.3. The van der Waals surface area contributed by atoms with Crippen molar-refractivity contribution < 1.29 is 18.3 Å². The van der Waals surface area contributed by atoms with Gasteiger partial charge in [-0.05, 0) is 29.8 Å². The second kappa shape index (κ2) is 8.88. The maximum Gasteiger partial charge on any atom is 0.192 e. The summed E-state index contributed by atoms with van der Waals surface area (Å²) in [6.07, 6.45) is 1.73. The maximum absolute atomic E-state index is 13.9. The molecule has 0 saturated heterocycles. The first kappa shape index (κ1) is 19.9. The molecule has 146 valence electrons. The maximum atomic E-state index is 13.9. The van der Waals surface area contributed by atoms with Crippen LogP contribution in [0.15, 0.2) is 54.2 Å². The van der Waals surface area contributed by atoms with Crippen LogP contribution in [0.3, 0.4) is 0 Å². The van der Waals surface area contributed by atoms with Crippen molar-refractivity contribution in [1.29, 1.82) is 0 Å². The van der Waals surface area contributed by atoms with Crippen molar-refractivity contribution in [2.45, 2.75) is 17.5 Å². The van der Waals surface area contributed by atoms with Crippen LogP contribution in [0.1, 0.15) is 5.56 Å². The minimum absolute atomic E-state index is 0.299. The summed E-state index contributed by atoms with van der Waals surface area (Å²) in [6, 6.07) is 9.01. The van der Waals surface area contributed by atoms with Gasteiger partial charge in [0.05, 0.1) is 14.2 Å². The fraction of sp³-hybridized carbons (Fsp3) is 0.200. The van der Waals surface area contributed by atoms with E-state index in [1.807, 2.05) is 16.7 Å². The first-order chi connectivity index (χ1) is 13.6. The number of hydrogen-bond donors (Lipinski definition) is 0. The molecule has 0 aliphatic heterocycles. The lowest BCUT2D eigenvalue weighted by atomic mass is 10.2. The highest BCUT2D eigenvalue weighted by atomic mass is 32.2. The molecule has 0 N–H and O–H groups in total. The number of hydrogen-bond acceptors (Lipinski definition) is 5. The fourth-order valence-electron chi connectivity index (χ4n) is 2.66. The van der Waals surface area contributed by atoms with Crippen LogP contribution in [0.2, 0.25) is 0 Å². The third-order valence-corrected chi connectivity index (χ3v) is 5.06. The van der Waals surface area contributed by atoms with Gasteiger partial charge in [0.25, 0.3) is 0 Å². The Kier molecular flexibility index (Phi) is 6.30. The third-order valence-electron chi connectivity index (χ3n) is 4.04. The Labute approximate surface area is 166 Å². The Hall–Kier alpha value is -2.87. The van der Waals surface area contributed by atoms with Crippen molar-refractivity contribution in [2.24, 2.45) is 0 Å². The number of halogens is 2. The zero-order valence-electron chi connectivity index (χ0n) is 15.5. The molecule has 0 spiro atoms. The summed E-state index contributed by atoms with van der Waals surface area (Å²) in [6.45, 7) is 4.26. The molecule has 2 aromatic carbocycles. The summed E-state index contributed by atoms with van der Waals surface area (Å²) >= 11 is 1.32. The number of rotatable bonds is 8. The summed E-state index contributed by atoms with van der Waals surface area (Å²) in [4.78, 5) is 0. The molecule has 0 amide bonds. The number of allylic oxidation sites excluding steroid dienone is 1. The van der Waals surface area contributed by atoms with E-state index in [0.717, 1.165) is 11.6 Å². The minimum atomic E-state index is -0.600. The van der Waals surface area contributed by atoms with E-state index in [4.69, 9.17) is 9.47 Å². The molecule has 0 aliphatic rings. The highest BCUT2D eigenvalue weighted by Gasteiger charge is 2.16. The Morgan fingerprint density at radius 3 is 2.54 bits per heavy atom. The third kappa shape index (κ3) is 4.17. The Balaban J connectivity index is 1.90. The summed E-state index contributed by atoms with van der Waals surface area (Å²) in [5.41, 5.74) is 1.19. The van der Waals surface area contributed by atoms with E-state index >= 15 is 0 Å². The van der Waals surface area contributed by atoms with E-state index in [1.165, 1.54) is 23.9 Å². The molecule has 8 heteroatoms. The molecule has 0 fully saturated rings. The lowest BCUT2D eigenvalue weighted by Gasteiger charge is -2.11. The van der Waals surface area contributed by atoms with Gasteiger partial charge in [0.15, 0.2) is 22.5 Å². The van der Waals surface area contributed by atoms with Gasteiger partial charge in [-0.25, -0.2) is 8.78 Å². The molecule has 5 nitrogen and oxygen atoms in total. The van der Waals surface area contributed by atoms with Crippen LogP contribution in [0.4, 0.5) is 8.78 Å². The predicted octanol–water partition coefficient (Wildman–Crippen LogP) is 4.72. The standard InChI is InChI=1S/C20H19F2N3O2S/c1-4-9-25-19(13-6-8-17(26-2)18(10-13)27-3)23-24-20(25)28-12-14-5-7-15(21)11-16(14)22/h4-8,10-11H,1,9,12H2,2-3H3. The van der Waals surface area contributed by atoms with Crippen molar-refractivity contribution in [3.8, 4) is 22.9 Å². The summed E-state index contributed by atoms with van der Waals surface area (Å²) < 4.78 is 39.5. The fourth-order valence-corrected chi connectivity index (χ4v) is 3.59. The number of aromatic nitrogens is 3. The molecular formula is C20H19F2N3O2S. The van der Waals surface area contributed by atoms with Gasteiger partial charge in [0.1, 0.15) is 11.6 Å². The average molecular weight is 403 g/mol. The van der Waals surface area contributed by atoms with Crippen LogP contribution in [0.5, 0.6) is 11.5 Å². The molecule has 0 unspecified atom stereocenters. The van der Waals surface area contributed by atoms with E-state index in [2.05, 4.69) is 16.8 Å². The lowest BCUT2D eigenvalue weighted by molar-refractivity contribution is 0.355.